The summed E-state index contributed by atoms with van der Waals surface area (Å²) in [4.78, 5) is 0. The van der Waals surface area contributed by atoms with Crippen LogP contribution in [-0.2, 0) is 3.07 Å². The van der Waals surface area contributed by atoms with E-state index in [1.807, 2.05) is 14.0 Å². The second kappa shape index (κ2) is 8.14. The summed E-state index contributed by atoms with van der Waals surface area (Å²) in [6.45, 7) is 2.79. The topological polar surface area (TPSA) is 24.8 Å². The molecule has 0 saturated carbocycles. The molecule has 0 amide bonds. The summed E-state index contributed by atoms with van der Waals surface area (Å²) in [7, 11) is 9.26. The summed E-state index contributed by atoms with van der Waals surface area (Å²) >= 11 is -1.37. The third-order valence-electron chi connectivity index (χ3n) is 0.631. The van der Waals surface area contributed by atoms with E-state index in [0.717, 1.165) is 21.5 Å². The Kier molecular flexibility index (Phi) is 9.28. The average molecular weight is 326 g/mol. The first-order valence-corrected chi connectivity index (χ1v) is 12.0. The molecule has 0 rings (SSSR count). The van der Waals surface area contributed by atoms with Crippen molar-refractivity contribution in [2.75, 3.05) is 20.7 Å². The molecule has 0 aromatic carbocycles. The van der Waals surface area contributed by atoms with Crippen LogP contribution in [0, 0.1) is 0 Å². The zero-order chi connectivity index (χ0) is 8.69. The predicted molar refractivity (Wildman–Crippen MR) is 66.0 cm³/mol. The fourth-order valence-corrected chi connectivity index (χ4v) is 11.2. The molecule has 0 heterocycles. The van der Waals surface area contributed by atoms with Crippen LogP contribution < -0.4 is 0 Å². The van der Waals surface area contributed by atoms with Crippen LogP contribution in [0.25, 0.3) is 0 Å². The average Bonchev–Trinajstić information content (AvgIpc) is 1.87. The Morgan fingerprint density at radius 1 is 1.82 bits per heavy atom. The summed E-state index contributed by atoms with van der Waals surface area (Å²) in [5, 5.41) is 0. The molecule has 7 heteroatoms. The van der Waals surface area contributed by atoms with Crippen molar-refractivity contribution in [3.8, 4) is 0 Å². The molecule has 0 saturated heterocycles. The monoisotopic (exact) mass is 326 g/mol. The van der Waals surface area contributed by atoms with Gasteiger partial charge in [-0.25, -0.2) is 0 Å². The van der Waals surface area contributed by atoms with Gasteiger partial charge in [0, 0.05) is 0 Å². The van der Waals surface area contributed by atoms with E-state index in [1.165, 1.54) is 0 Å². The van der Waals surface area contributed by atoms with E-state index >= 15 is 0 Å². The number of hydrogen-bond acceptors (Lipinski definition) is 3. The van der Waals surface area contributed by atoms with E-state index in [0.29, 0.717) is 0 Å². The van der Waals surface area contributed by atoms with Gasteiger partial charge in [-0.05, 0) is 0 Å². The standard InChI is InChI=1S/C4H13IN2OP2S/c1-4-8-5(11)9-7(3)10-6-2/h9,11H,4H2,1-3H3. The van der Waals surface area contributed by atoms with Crippen molar-refractivity contribution in [1.29, 1.82) is 0 Å². The van der Waals surface area contributed by atoms with Gasteiger partial charge in [0.2, 0.25) is 0 Å². The van der Waals surface area contributed by atoms with Gasteiger partial charge in [-0.2, -0.15) is 0 Å². The van der Waals surface area contributed by atoms with Gasteiger partial charge in [0.25, 0.3) is 0 Å². The van der Waals surface area contributed by atoms with Crippen LogP contribution in [-0.4, -0.2) is 25.1 Å². The Hall–Kier alpha value is 1.53. The molecule has 0 bridgehead atoms. The Labute approximate surface area is 82.6 Å². The van der Waals surface area contributed by atoms with Crippen molar-refractivity contribution >= 4 is 43.0 Å². The van der Waals surface area contributed by atoms with Crippen molar-refractivity contribution in [1.82, 2.24) is 4.44 Å². The van der Waals surface area contributed by atoms with Crippen molar-refractivity contribution in [2.45, 2.75) is 6.92 Å². The van der Waals surface area contributed by atoms with E-state index in [-0.39, 0.29) is 0 Å². The minimum atomic E-state index is -1.37. The maximum atomic E-state index is 5.40. The van der Waals surface area contributed by atoms with E-state index in [1.54, 1.807) is 7.05 Å². The normalized spacial score (nSPS) is 14.1. The van der Waals surface area contributed by atoms with Crippen LogP contribution >= 0.6 is 43.0 Å². The van der Waals surface area contributed by atoms with Gasteiger partial charge in [0.1, 0.15) is 0 Å². The molecule has 0 N–H and O–H groups in total. The Bertz CT molecular complexity index is 129. The number of rotatable bonds is 5. The molecule has 0 aliphatic rings. The van der Waals surface area contributed by atoms with E-state index in [4.69, 9.17) is 3.07 Å². The van der Waals surface area contributed by atoms with Crippen molar-refractivity contribution in [3.05, 3.63) is 0 Å². The molecule has 0 aliphatic heterocycles. The van der Waals surface area contributed by atoms with Crippen molar-refractivity contribution < 1.29 is 3.07 Å². The fraction of sp³-hybridized carbons (Fsp3) is 1.00. The molecule has 0 fully saturated rings. The summed E-state index contributed by atoms with van der Waals surface area (Å²) in [6.07, 6.45) is 0.719. The molecular weight excluding hydrogens is 313 g/mol. The van der Waals surface area contributed by atoms with Gasteiger partial charge in [0.05, 0.1) is 0 Å². The van der Waals surface area contributed by atoms with Gasteiger partial charge in [-0.3, -0.25) is 0 Å². The van der Waals surface area contributed by atoms with E-state index < -0.39 is 18.3 Å². The summed E-state index contributed by atoms with van der Waals surface area (Å²) in [5.41, 5.74) is 0. The third kappa shape index (κ3) is 7.88. The molecular formula is C4H13IN2OP2S. The number of halogens is 1. The van der Waals surface area contributed by atoms with E-state index in [2.05, 4.69) is 19.0 Å². The second-order valence-electron chi connectivity index (χ2n) is 1.53. The third-order valence-corrected chi connectivity index (χ3v) is 10.7. The Morgan fingerprint density at radius 2 is 2.45 bits per heavy atom. The van der Waals surface area contributed by atoms with Crippen LogP contribution in [0.15, 0.2) is 4.74 Å². The van der Waals surface area contributed by atoms with Gasteiger partial charge in [0.15, 0.2) is 0 Å². The van der Waals surface area contributed by atoms with Crippen LogP contribution in [0.5, 0.6) is 0 Å². The second-order valence-corrected chi connectivity index (χ2v) is 13.8. The SMILES string of the molecule is CCOI(S)PN(C)P=NC. The fourth-order valence-electron chi connectivity index (χ4n) is 0.383. The molecule has 68 valence electrons. The van der Waals surface area contributed by atoms with E-state index in [9.17, 15) is 0 Å². The molecule has 0 spiro atoms. The molecule has 0 aliphatic carbocycles. The molecule has 0 aromatic heterocycles. The maximum absolute atomic E-state index is 5.40. The quantitative estimate of drug-likeness (QED) is 0.476. The first kappa shape index (κ1) is 12.5. The Balaban J connectivity index is 3.48. The summed E-state index contributed by atoms with van der Waals surface area (Å²) < 4.78 is 11.5. The number of hydrogen-bond donors (Lipinski definition) is 1. The van der Waals surface area contributed by atoms with Crippen molar-refractivity contribution in [2.24, 2.45) is 4.74 Å². The Morgan fingerprint density at radius 3 is 2.91 bits per heavy atom. The predicted octanol–water partition coefficient (Wildman–Crippen LogP) is 3.40. The molecule has 1 unspecified atom stereocenters. The van der Waals surface area contributed by atoms with Crippen LogP contribution in [0.1, 0.15) is 6.92 Å². The van der Waals surface area contributed by atoms with Gasteiger partial charge < -0.3 is 0 Å². The number of nitrogens with zero attached hydrogens (tertiary/aromatic N) is 2. The van der Waals surface area contributed by atoms with Gasteiger partial charge in [-0.1, -0.05) is 0 Å². The zero-order valence-corrected chi connectivity index (χ0v) is 11.7. The molecule has 0 aromatic rings. The molecule has 0 radical (unpaired) electrons. The zero-order valence-electron chi connectivity index (χ0n) is 6.78. The van der Waals surface area contributed by atoms with Crippen LogP contribution in [0.4, 0.5) is 0 Å². The minimum absolute atomic E-state index is 0.719. The number of thiol groups is 1. The molecule has 11 heavy (non-hydrogen) atoms. The van der Waals surface area contributed by atoms with Crippen LogP contribution in [0.2, 0.25) is 0 Å². The summed E-state index contributed by atoms with van der Waals surface area (Å²) in [6, 6.07) is 0. The first-order chi connectivity index (χ1) is 5.20. The van der Waals surface area contributed by atoms with Crippen molar-refractivity contribution in [3.63, 3.8) is 0 Å². The van der Waals surface area contributed by atoms with Crippen LogP contribution in [0.3, 0.4) is 0 Å². The molecule has 1 atom stereocenters. The van der Waals surface area contributed by atoms with Gasteiger partial charge >= 0.3 is 82.9 Å². The van der Waals surface area contributed by atoms with Gasteiger partial charge in [-0.15, -0.1) is 0 Å². The first-order valence-electron chi connectivity index (χ1n) is 3.03. The summed E-state index contributed by atoms with van der Waals surface area (Å²) in [5.74, 6) is 0. The molecule has 3 nitrogen and oxygen atoms in total.